The van der Waals surface area contributed by atoms with Gasteiger partial charge in [0.25, 0.3) is 0 Å². The Morgan fingerprint density at radius 2 is 0.869 bits per heavy atom. The molecule has 0 aliphatic rings. The SMILES string of the molecule is CCCCCCCCCC/C=C/C/C=C/CCCCCCCCCC(=O)OCC(COCCC(C(=O)[O-])[N+](C)(C)C)OC(=O)CCCCCCCCCCCCCCCCC. The molecule has 0 spiro atoms. The number of aliphatic carboxylic acids is 1. The fourth-order valence-corrected chi connectivity index (χ4v) is 7.81. The second-order valence-electron chi connectivity index (χ2n) is 18.8. The van der Waals surface area contributed by atoms with Crippen LogP contribution in [0.5, 0.6) is 0 Å². The molecule has 2 atom stereocenters. The minimum atomic E-state index is -1.12. The van der Waals surface area contributed by atoms with E-state index in [1.165, 1.54) is 161 Å². The van der Waals surface area contributed by atoms with E-state index >= 15 is 0 Å². The number of esters is 2. The molecule has 0 aliphatic heterocycles. The molecule has 0 amide bonds. The zero-order chi connectivity index (χ0) is 44.9. The lowest BCUT2D eigenvalue weighted by Gasteiger charge is -2.34. The van der Waals surface area contributed by atoms with Gasteiger partial charge in [0, 0.05) is 19.3 Å². The van der Waals surface area contributed by atoms with Crippen LogP contribution in [-0.4, -0.2) is 75.5 Å². The Bertz CT molecular complexity index is 1050. The van der Waals surface area contributed by atoms with Crippen molar-refractivity contribution in [2.45, 2.75) is 257 Å². The van der Waals surface area contributed by atoms with Crippen molar-refractivity contribution >= 4 is 17.9 Å². The second kappa shape index (κ2) is 44.4. The first-order valence-electron chi connectivity index (χ1n) is 25.9. The molecule has 0 saturated heterocycles. The molecule has 0 heterocycles. The first kappa shape index (κ1) is 58.8. The number of hydrogen-bond acceptors (Lipinski definition) is 7. The number of rotatable bonds is 47. The quantitative estimate of drug-likeness (QED) is 0.0260. The monoisotopic (exact) mass is 862 g/mol. The summed E-state index contributed by atoms with van der Waals surface area (Å²) in [7, 11) is 5.42. The molecule has 0 N–H and O–H groups in total. The summed E-state index contributed by atoms with van der Waals surface area (Å²) in [5, 5.41) is 11.7. The Balaban J connectivity index is 4.21. The minimum Gasteiger partial charge on any atom is -0.544 e. The molecule has 8 heteroatoms. The Morgan fingerprint density at radius 1 is 0.492 bits per heavy atom. The summed E-state index contributed by atoms with van der Waals surface area (Å²) in [5.74, 6) is -1.73. The number of quaternary nitrogens is 1. The van der Waals surface area contributed by atoms with Crippen molar-refractivity contribution in [2.75, 3.05) is 41.0 Å². The number of carbonyl (C=O) groups excluding carboxylic acids is 3. The third kappa shape index (κ3) is 42.9. The van der Waals surface area contributed by atoms with Crippen LogP contribution in [0.4, 0.5) is 0 Å². The van der Waals surface area contributed by atoms with Crippen molar-refractivity contribution in [3.8, 4) is 0 Å². The van der Waals surface area contributed by atoms with E-state index < -0.39 is 18.1 Å². The lowest BCUT2D eigenvalue weighted by atomic mass is 10.0. The number of unbranched alkanes of at least 4 members (excludes halogenated alkanes) is 29. The van der Waals surface area contributed by atoms with Crippen LogP contribution >= 0.6 is 0 Å². The molecular formula is C53H99NO7. The maximum atomic E-state index is 12.8. The first-order valence-corrected chi connectivity index (χ1v) is 25.9. The number of hydrogen-bond donors (Lipinski definition) is 0. The fourth-order valence-electron chi connectivity index (χ4n) is 7.81. The van der Waals surface area contributed by atoms with Crippen molar-refractivity contribution < 1.29 is 38.2 Å². The second-order valence-corrected chi connectivity index (χ2v) is 18.8. The molecule has 0 aliphatic carbocycles. The summed E-state index contributed by atoms with van der Waals surface area (Å²) in [6, 6.07) is -0.724. The van der Waals surface area contributed by atoms with Crippen LogP contribution in [0.25, 0.3) is 0 Å². The summed E-state index contributed by atoms with van der Waals surface area (Å²) in [6.07, 6.45) is 50.6. The molecule has 0 fully saturated rings. The van der Waals surface area contributed by atoms with E-state index in [9.17, 15) is 19.5 Å². The number of ether oxygens (including phenoxy) is 3. The highest BCUT2D eigenvalue weighted by Crippen LogP contribution is 2.16. The van der Waals surface area contributed by atoms with Gasteiger partial charge in [0.1, 0.15) is 12.6 Å². The van der Waals surface area contributed by atoms with E-state index in [-0.39, 0.29) is 42.7 Å². The summed E-state index contributed by atoms with van der Waals surface area (Å²) in [6.45, 7) is 4.69. The topological polar surface area (TPSA) is 102 Å². The lowest BCUT2D eigenvalue weighted by molar-refractivity contribution is -0.889. The number of allylic oxidation sites excluding steroid dienone is 4. The molecule has 0 aromatic rings. The van der Waals surface area contributed by atoms with Crippen LogP contribution < -0.4 is 5.11 Å². The van der Waals surface area contributed by atoms with Crippen molar-refractivity contribution in [3.63, 3.8) is 0 Å². The highest BCUT2D eigenvalue weighted by Gasteiger charge is 2.25. The van der Waals surface area contributed by atoms with Crippen molar-refractivity contribution in [2.24, 2.45) is 0 Å². The van der Waals surface area contributed by atoms with Crippen molar-refractivity contribution in [1.29, 1.82) is 0 Å². The normalized spacial score (nSPS) is 13.0. The van der Waals surface area contributed by atoms with Gasteiger partial charge < -0.3 is 28.6 Å². The fraction of sp³-hybridized carbons (Fsp3) is 0.868. The van der Waals surface area contributed by atoms with E-state index in [1.54, 1.807) is 21.1 Å². The van der Waals surface area contributed by atoms with Crippen LogP contribution in [-0.2, 0) is 28.6 Å². The van der Waals surface area contributed by atoms with Gasteiger partial charge in [-0.1, -0.05) is 205 Å². The van der Waals surface area contributed by atoms with Gasteiger partial charge in [-0.15, -0.1) is 0 Å². The lowest BCUT2D eigenvalue weighted by Crippen LogP contribution is -2.55. The predicted octanol–water partition coefficient (Wildman–Crippen LogP) is 13.5. The molecule has 61 heavy (non-hydrogen) atoms. The Morgan fingerprint density at radius 3 is 1.26 bits per heavy atom. The molecule has 0 aromatic heterocycles. The van der Waals surface area contributed by atoms with Gasteiger partial charge in [0.05, 0.1) is 40.3 Å². The van der Waals surface area contributed by atoms with Crippen LogP contribution in [0.15, 0.2) is 24.3 Å². The van der Waals surface area contributed by atoms with E-state index in [0.717, 1.165) is 51.4 Å². The molecule has 0 bridgehead atoms. The number of carboxylic acids is 1. The summed E-state index contributed by atoms with van der Waals surface area (Å²) in [4.78, 5) is 37.0. The van der Waals surface area contributed by atoms with E-state index in [2.05, 4.69) is 38.2 Å². The predicted molar refractivity (Wildman–Crippen MR) is 254 cm³/mol. The third-order valence-electron chi connectivity index (χ3n) is 11.8. The molecule has 8 nitrogen and oxygen atoms in total. The number of nitrogens with zero attached hydrogens (tertiary/aromatic N) is 1. The van der Waals surface area contributed by atoms with Gasteiger partial charge in [0.2, 0.25) is 0 Å². The van der Waals surface area contributed by atoms with E-state index in [0.29, 0.717) is 12.8 Å². The zero-order valence-corrected chi connectivity index (χ0v) is 40.8. The first-order chi connectivity index (χ1) is 29.6. The summed E-state index contributed by atoms with van der Waals surface area (Å²) >= 11 is 0. The minimum absolute atomic E-state index is 0.0427. The van der Waals surface area contributed by atoms with Gasteiger partial charge in [0.15, 0.2) is 6.10 Å². The summed E-state index contributed by atoms with van der Waals surface area (Å²) in [5.41, 5.74) is 0. The van der Waals surface area contributed by atoms with Gasteiger partial charge in [-0.2, -0.15) is 0 Å². The van der Waals surface area contributed by atoms with Crippen LogP contribution in [0.3, 0.4) is 0 Å². The standard InChI is InChI=1S/C53H99NO7/c1-6-8-10-12-14-16-18-20-22-23-24-25-26-27-28-30-31-33-35-37-39-41-43-51(55)60-48-49(47-59-46-45-50(53(57)58)54(3,4)5)61-52(56)44-42-40-38-36-34-32-29-21-19-17-15-13-11-9-7-2/h23-24,26-27,49-50H,6-22,25,28-48H2,1-5H3/b24-23+,27-26+. The molecule has 0 rings (SSSR count). The van der Waals surface area contributed by atoms with Crippen LogP contribution in [0.2, 0.25) is 0 Å². The van der Waals surface area contributed by atoms with E-state index in [4.69, 9.17) is 14.2 Å². The van der Waals surface area contributed by atoms with E-state index in [1.807, 2.05) is 0 Å². The van der Waals surface area contributed by atoms with Crippen molar-refractivity contribution in [3.05, 3.63) is 24.3 Å². The molecule has 2 unspecified atom stereocenters. The smallest absolute Gasteiger partial charge is 0.306 e. The molecule has 0 radical (unpaired) electrons. The molecule has 0 aromatic carbocycles. The highest BCUT2D eigenvalue weighted by molar-refractivity contribution is 5.70. The number of likely N-dealkylation sites (N-methyl/N-ethyl adjacent to an activating group) is 1. The molecule has 0 saturated carbocycles. The average Bonchev–Trinajstić information content (AvgIpc) is 3.22. The van der Waals surface area contributed by atoms with Gasteiger partial charge >= 0.3 is 11.9 Å². The number of carboxylic acid groups (broad SMARTS) is 1. The third-order valence-corrected chi connectivity index (χ3v) is 11.8. The average molecular weight is 862 g/mol. The summed E-state index contributed by atoms with van der Waals surface area (Å²) < 4.78 is 17.2. The van der Waals surface area contributed by atoms with Gasteiger partial charge in [-0.05, 0) is 44.9 Å². The Labute approximate surface area is 377 Å². The zero-order valence-electron chi connectivity index (χ0n) is 40.8. The maximum Gasteiger partial charge on any atom is 0.306 e. The molecule has 358 valence electrons. The Hall–Kier alpha value is -2.19. The maximum absolute atomic E-state index is 12.8. The Kier molecular flexibility index (Phi) is 42.8. The van der Waals surface area contributed by atoms with Crippen molar-refractivity contribution in [1.82, 2.24) is 0 Å². The van der Waals surface area contributed by atoms with Gasteiger partial charge in [-0.25, -0.2) is 0 Å². The highest BCUT2D eigenvalue weighted by atomic mass is 16.6. The largest absolute Gasteiger partial charge is 0.544 e. The van der Waals surface area contributed by atoms with Crippen LogP contribution in [0, 0.1) is 0 Å². The number of carbonyl (C=O) groups is 3. The van der Waals surface area contributed by atoms with Crippen LogP contribution in [0.1, 0.15) is 245 Å². The molecular weight excluding hydrogens is 763 g/mol. The van der Waals surface area contributed by atoms with Gasteiger partial charge in [-0.3, -0.25) is 9.59 Å².